The van der Waals surface area contributed by atoms with Crippen LogP contribution in [0.3, 0.4) is 0 Å². The fourth-order valence-corrected chi connectivity index (χ4v) is 1.36. The molecule has 1 heterocycles. The van der Waals surface area contributed by atoms with Crippen molar-refractivity contribution in [3.05, 3.63) is 11.9 Å². The maximum Gasteiger partial charge on any atom is 0.0829 e. The van der Waals surface area contributed by atoms with Crippen molar-refractivity contribution in [2.45, 2.75) is 40.2 Å². The summed E-state index contributed by atoms with van der Waals surface area (Å²) in [5.41, 5.74) is 1.07. The summed E-state index contributed by atoms with van der Waals surface area (Å²) in [6.45, 7) is 8.82. The number of aromatic nitrogens is 3. The van der Waals surface area contributed by atoms with Gasteiger partial charge in [0.15, 0.2) is 0 Å². The van der Waals surface area contributed by atoms with Crippen molar-refractivity contribution in [1.82, 2.24) is 15.0 Å². The molecule has 0 aromatic carbocycles. The van der Waals surface area contributed by atoms with Crippen LogP contribution in [-0.4, -0.2) is 28.2 Å². The average Bonchev–Trinajstić information content (AvgIpc) is 2.59. The maximum absolute atomic E-state index is 5.39. The van der Waals surface area contributed by atoms with Crippen LogP contribution in [-0.2, 0) is 17.7 Å². The first-order chi connectivity index (χ1) is 7.22. The molecule has 0 spiro atoms. The maximum atomic E-state index is 5.39. The molecule has 0 amide bonds. The molecule has 0 fully saturated rings. The van der Waals surface area contributed by atoms with Crippen molar-refractivity contribution in [2.24, 2.45) is 5.92 Å². The number of nitrogens with zero attached hydrogens (tertiary/aromatic N) is 3. The minimum Gasteiger partial charge on any atom is -0.380 e. The van der Waals surface area contributed by atoms with E-state index in [9.17, 15) is 0 Å². The molecule has 0 aliphatic heterocycles. The van der Waals surface area contributed by atoms with E-state index >= 15 is 0 Å². The lowest BCUT2D eigenvalue weighted by atomic mass is 10.1. The molecule has 4 nitrogen and oxygen atoms in total. The molecule has 0 atom stereocenters. The van der Waals surface area contributed by atoms with Crippen molar-refractivity contribution in [1.29, 1.82) is 0 Å². The first-order valence-electron chi connectivity index (χ1n) is 5.69. The summed E-state index contributed by atoms with van der Waals surface area (Å²) < 4.78 is 7.24. The van der Waals surface area contributed by atoms with Gasteiger partial charge in [-0.1, -0.05) is 26.0 Å². The molecule has 1 aromatic rings. The zero-order valence-electron chi connectivity index (χ0n) is 9.94. The van der Waals surface area contributed by atoms with Gasteiger partial charge in [0.05, 0.1) is 18.8 Å². The normalized spacial score (nSPS) is 11.2. The van der Waals surface area contributed by atoms with E-state index in [1.807, 2.05) is 10.9 Å². The van der Waals surface area contributed by atoms with Crippen molar-refractivity contribution in [2.75, 3.05) is 13.2 Å². The Kier molecular flexibility index (Phi) is 5.32. The Morgan fingerprint density at radius 3 is 2.87 bits per heavy atom. The molecular weight excluding hydrogens is 190 g/mol. The Bertz CT molecular complexity index is 271. The van der Waals surface area contributed by atoms with Crippen molar-refractivity contribution < 1.29 is 4.74 Å². The largest absolute Gasteiger partial charge is 0.380 e. The quantitative estimate of drug-likeness (QED) is 0.647. The number of hydrogen-bond acceptors (Lipinski definition) is 3. The van der Waals surface area contributed by atoms with Gasteiger partial charge in [-0.3, -0.25) is 0 Å². The summed E-state index contributed by atoms with van der Waals surface area (Å²) in [6.07, 6.45) is 4.07. The molecule has 0 unspecified atom stereocenters. The van der Waals surface area contributed by atoms with Crippen LogP contribution in [0.25, 0.3) is 0 Å². The molecule has 86 valence electrons. The topological polar surface area (TPSA) is 39.9 Å². The molecule has 4 heteroatoms. The highest BCUT2D eigenvalue weighted by Gasteiger charge is 2.02. The van der Waals surface area contributed by atoms with Crippen LogP contribution in [0, 0.1) is 5.92 Å². The second-order valence-corrected chi connectivity index (χ2v) is 4.18. The Balaban J connectivity index is 2.26. The molecule has 0 bridgehead atoms. The minimum absolute atomic E-state index is 0.631. The van der Waals surface area contributed by atoms with E-state index in [-0.39, 0.29) is 0 Å². The highest BCUT2D eigenvalue weighted by molar-refractivity contribution is 4.92. The van der Waals surface area contributed by atoms with Crippen LogP contribution < -0.4 is 0 Å². The van der Waals surface area contributed by atoms with Gasteiger partial charge in [0.2, 0.25) is 0 Å². The Morgan fingerprint density at radius 1 is 1.40 bits per heavy atom. The van der Waals surface area contributed by atoms with Crippen LogP contribution in [0.1, 0.15) is 32.9 Å². The van der Waals surface area contributed by atoms with E-state index < -0.39 is 0 Å². The summed E-state index contributed by atoms with van der Waals surface area (Å²) in [5, 5.41) is 8.17. The number of rotatable bonds is 7. The molecule has 1 rings (SSSR count). The van der Waals surface area contributed by atoms with Crippen molar-refractivity contribution >= 4 is 0 Å². The predicted octanol–water partition coefficient (Wildman–Crippen LogP) is 1.90. The van der Waals surface area contributed by atoms with Gasteiger partial charge >= 0.3 is 0 Å². The third kappa shape index (κ3) is 4.93. The van der Waals surface area contributed by atoms with Gasteiger partial charge in [-0.25, -0.2) is 4.68 Å². The van der Waals surface area contributed by atoms with E-state index in [0.29, 0.717) is 5.92 Å². The van der Waals surface area contributed by atoms with Crippen LogP contribution in [0.15, 0.2) is 6.20 Å². The fraction of sp³-hybridized carbons (Fsp3) is 0.818. The third-order valence-corrected chi connectivity index (χ3v) is 2.02. The second kappa shape index (κ2) is 6.56. The van der Waals surface area contributed by atoms with Gasteiger partial charge in [-0.2, -0.15) is 0 Å². The highest BCUT2D eigenvalue weighted by atomic mass is 16.5. The standard InChI is InChI=1S/C11H21N3O/c1-4-6-15-7-5-14-9-11(12-13-14)8-10(2)3/h9-10H,4-8H2,1-3H3. The number of ether oxygens (including phenoxy) is 1. The van der Waals surface area contributed by atoms with Gasteiger partial charge in [0.25, 0.3) is 0 Å². The monoisotopic (exact) mass is 211 g/mol. The highest BCUT2D eigenvalue weighted by Crippen LogP contribution is 2.03. The summed E-state index contributed by atoms with van der Waals surface area (Å²) >= 11 is 0. The zero-order chi connectivity index (χ0) is 11.1. The molecule has 0 N–H and O–H groups in total. The molecule has 0 aliphatic carbocycles. The minimum atomic E-state index is 0.631. The molecule has 15 heavy (non-hydrogen) atoms. The smallest absolute Gasteiger partial charge is 0.0829 e. The summed E-state index contributed by atoms with van der Waals surface area (Å²) in [4.78, 5) is 0. The SMILES string of the molecule is CCCOCCn1cc(CC(C)C)nn1. The van der Waals surface area contributed by atoms with Gasteiger partial charge in [0.1, 0.15) is 0 Å². The molecule has 0 saturated heterocycles. The van der Waals surface area contributed by atoms with Gasteiger partial charge in [-0.15, -0.1) is 5.10 Å². The molecule has 0 saturated carbocycles. The Labute approximate surface area is 91.6 Å². The van der Waals surface area contributed by atoms with E-state index in [1.165, 1.54) is 0 Å². The van der Waals surface area contributed by atoms with Crippen molar-refractivity contribution in [3.8, 4) is 0 Å². The van der Waals surface area contributed by atoms with E-state index in [2.05, 4.69) is 31.1 Å². The Hall–Kier alpha value is -0.900. The first-order valence-corrected chi connectivity index (χ1v) is 5.69. The molecule has 1 aromatic heterocycles. The van der Waals surface area contributed by atoms with Crippen LogP contribution in [0.4, 0.5) is 0 Å². The summed E-state index contributed by atoms with van der Waals surface area (Å²) in [7, 11) is 0. The van der Waals surface area contributed by atoms with Gasteiger partial charge in [-0.05, 0) is 18.8 Å². The molecule has 0 aliphatic rings. The summed E-state index contributed by atoms with van der Waals surface area (Å²) in [5.74, 6) is 0.631. The van der Waals surface area contributed by atoms with Crippen LogP contribution in [0.2, 0.25) is 0 Å². The van der Waals surface area contributed by atoms with E-state index in [0.717, 1.165) is 38.3 Å². The Morgan fingerprint density at radius 2 is 2.20 bits per heavy atom. The average molecular weight is 211 g/mol. The van der Waals surface area contributed by atoms with Gasteiger partial charge < -0.3 is 4.74 Å². The predicted molar refractivity (Wildman–Crippen MR) is 59.7 cm³/mol. The zero-order valence-corrected chi connectivity index (χ0v) is 9.94. The number of hydrogen-bond donors (Lipinski definition) is 0. The van der Waals surface area contributed by atoms with Crippen LogP contribution in [0.5, 0.6) is 0 Å². The third-order valence-electron chi connectivity index (χ3n) is 2.02. The molecule has 0 radical (unpaired) electrons. The second-order valence-electron chi connectivity index (χ2n) is 4.18. The first kappa shape index (κ1) is 12.2. The van der Waals surface area contributed by atoms with E-state index in [4.69, 9.17) is 4.74 Å². The fourth-order valence-electron chi connectivity index (χ4n) is 1.36. The van der Waals surface area contributed by atoms with E-state index in [1.54, 1.807) is 0 Å². The summed E-state index contributed by atoms with van der Waals surface area (Å²) in [6, 6.07) is 0. The van der Waals surface area contributed by atoms with Crippen molar-refractivity contribution in [3.63, 3.8) is 0 Å². The van der Waals surface area contributed by atoms with Gasteiger partial charge in [0, 0.05) is 12.8 Å². The lowest BCUT2D eigenvalue weighted by Crippen LogP contribution is -2.07. The molecular formula is C11H21N3O. The van der Waals surface area contributed by atoms with Crippen LogP contribution >= 0.6 is 0 Å². The lowest BCUT2D eigenvalue weighted by molar-refractivity contribution is 0.124. The lowest BCUT2D eigenvalue weighted by Gasteiger charge is -2.01.